The van der Waals surface area contributed by atoms with E-state index >= 15 is 0 Å². The molecule has 0 bridgehead atoms. The zero-order valence-electron chi connectivity index (χ0n) is 10.6. The van der Waals surface area contributed by atoms with Crippen LogP contribution in [0.15, 0.2) is 46.7 Å². The van der Waals surface area contributed by atoms with Crippen LogP contribution in [0.1, 0.15) is 23.5 Å². The molecular weight excluding hydrogens is 298 g/mol. The number of sulfonamides is 1. The molecule has 1 heterocycles. The van der Waals surface area contributed by atoms with Crippen molar-refractivity contribution in [1.29, 1.82) is 0 Å². The number of esters is 1. The van der Waals surface area contributed by atoms with Crippen LogP contribution in [0.5, 0.6) is 0 Å². The van der Waals surface area contributed by atoms with Gasteiger partial charge in [0.15, 0.2) is 6.10 Å². The molecule has 0 aliphatic carbocycles. The molecule has 0 amide bonds. The Hall–Kier alpha value is -1.70. The van der Waals surface area contributed by atoms with Gasteiger partial charge in [0.1, 0.15) is 0 Å². The monoisotopic (exact) mass is 311 g/mol. The van der Waals surface area contributed by atoms with E-state index in [4.69, 9.17) is 9.88 Å². The predicted octanol–water partition coefficient (Wildman–Crippen LogP) is 2.05. The fourth-order valence-corrected chi connectivity index (χ4v) is 3.57. The third-order valence-corrected chi connectivity index (χ3v) is 4.59. The SMILES string of the molecule is CC(=O)OC(c1ccccc1)c1cc(S(N)(=O)=O)cs1. The van der Waals surface area contributed by atoms with Crippen LogP contribution >= 0.6 is 11.3 Å². The zero-order chi connectivity index (χ0) is 14.8. The Kier molecular flexibility index (Phi) is 4.22. The first-order valence-corrected chi connectivity index (χ1v) is 8.14. The fraction of sp³-hybridized carbons (Fsp3) is 0.154. The lowest BCUT2D eigenvalue weighted by molar-refractivity contribution is -0.144. The predicted molar refractivity (Wildman–Crippen MR) is 75.7 cm³/mol. The van der Waals surface area contributed by atoms with Gasteiger partial charge in [0.05, 0.1) is 9.77 Å². The van der Waals surface area contributed by atoms with E-state index in [1.807, 2.05) is 30.3 Å². The van der Waals surface area contributed by atoms with E-state index in [0.717, 1.165) is 5.56 Å². The fourth-order valence-electron chi connectivity index (χ4n) is 1.71. The smallest absolute Gasteiger partial charge is 0.303 e. The van der Waals surface area contributed by atoms with E-state index in [1.54, 1.807) is 0 Å². The molecule has 0 spiro atoms. The number of hydrogen-bond donors (Lipinski definition) is 1. The van der Waals surface area contributed by atoms with Gasteiger partial charge in [0.25, 0.3) is 0 Å². The molecule has 20 heavy (non-hydrogen) atoms. The zero-order valence-corrected chi connectivity index (χ0v) is 12.3. The Morgan fingerprint density at radius 2 is 1.95 bits per heavy atom. The second-order valence-electron chi connectivity index (χ2n) is 4.13. The second kappa shape index (κ2) is 5.74. The average molecular weight is 311 g/mol. The molecule has 0 aliphatic heterocycles. The van der Waals surface area contributed by atoms with Gasteiger partial charge in [0.2, 0.25) is 10.0 Å². The van der Waals surface area contributed by atoms with E-state index in [9.17, 15) is 13.2 Å². The third kappa shape index (κ3) is 3.44. The first-order chi connectivity index (χ1) is 9.38. The molecule has 0 fully saturated rings. The van der Waals surface area contributed by atoms with Gasteiger partial charge in [-0.25, -0.2) is 13.6 Å². The van der Waals surface area contributed by atoms with Crippen molar-refractivity contribution in [2.75, 3.05) is 0 Å². The first kappa shape index (κ1) is 14.7. The minimum atomic E-state index is -3.76. The van der Waals surface area contributed by atoms with Crippen LogP contribution in [-0.2, 0) is 19.6 Å². The summed E-state index contributed by atoms with van der Waals surface area (Å²) in [6.45, 7) is 1.31. The van der Waals surface area contributed by atoms with E-state index in [1.165, 1.54) is 29.7 Å². The Balaban J connectivity index is 2.42. The number of rotatable bonds is 4. The van der Waals surface area contributed by atoms with Crippen molar-refractivity contribution >= 4 is 27.3 Å². The van der Waals surface area contributed by atoms with E-state index in [-0.39, 0.29) is 4.90 Å². The normalized spacial score (nSPS) is 12.9. The summed E-state index contributed by atoms with van der Waals surface area (Å²) in [6.07, 6.45) is -0.630. The van der Waals surface area contributed by atoms with E-state index in [2.05, 4.69) is 0 Å². The summed E-state index contributed by atoms with van der Waals surface area (Å²) in [5.74, 6) is -0.440. The minimum Gasteiger partial charge on any atom is -0.452 e. The van der Waals surface area contributed by atoms with Crippen LogP contribution in [0.25, 0.3) is 0 Å². The first-order valence-electron chi connectivity index (χ1n) is 5.71. The van der Waals surface area contributed by atoms with Crippen LogP contribution in [-0.4, -0.2) is 14.4 Å². The molecule has 0 saturated heterocycles. The summed E-state index contributed by atoms with van der Waals surface area (Å²) in [7, 11) is -3.76. The summed E-state index contributed by atoms with van der Waals surface area (Å²) in [5, 5.41) is 6.52. The molecule has 1 unspecified atom stereocenters. The maximum absolute atomic E-state index is 11.3. The summed E-state index contributed by atoms with van der Waals surface area (Å²) in [4.78, 5) is 11.9. The molecule has 7 heteroatoms. The quantitative estimate of drug-likeness (QED) is 0.875. The second-order valence-corrected chi connectivity index (χ2v) is 6.63. The summed E-state index contributed by atoms with van der Waals surface area (Å²) in [6, 6.07) is 10.5. The molecule has 0 radical (unpaired) electrons. The van der Waals surface area contributed by atoms with Crippen molar-refractivity contribution in [2.24, 2.45) is 5.14 Å². The molecule has 0 aliphatic rings. The van der Waals surface area contributed by atoms with Gasteiger partial charge in [-0.1, -0.05) is 30.3 Å². The molecule has 106 valence electrons. The van der Waals surface area contributed by atoms with Gasteiger partial charge in [-0.15, -0.1) is 11.3 Å². The van der Waals surface area contributed by atoms with Crippen molar-refractivity contribution in [3.8, 4) is 0 Å². The minimum absolute atomic E-state index is 0.0191. The van der Waals surface area contributed by atoms with Crippen molar-refractivity contribution in [1.82, 2.24) is 0 Å². The lowest BCUT2D eigenvalue weighted by Gasteiger charge is -2.15. The van der Waals surface area contributed by atoms with Gasteiger partial charge < -0.3 is 4.74 Å². The van der Waals surface area contributed by atoms with Gasteiger partial charge in [0, 0.05) is 12.3 Å². The largest absolute Gasteiger partial charge is 0.452 e. The Bertz CT molecular complexity index is 707. The number of carbonyl (C=O) groups is 1. The van der Waals surface area contributed by atoms with Crippen molar-refractivity contribution in [2.45, 2.75) is 17.9 Å². The standard InChI is InChI=1S/C13H13NO4S2/c1-9(15)18-13(10-5-3-2-4-6-10)12-7-11(8-19-12)20(14,16)17/h2-8,13H,1H3,(H2,14,16,17). The van der Waals surface area contributed by atoms with Crippen LogP contribution in [0, 0.1) is 0 Å². The molecule has 1 atom stereocenters. The maximum atomic E-state index is 11.3. The summed E-state index contributed by atoms with van der Waals surface area (Å²) >= 11 is 1.18. The number of thiophene rings is 1. The van der Waals surface area contributed by atoms with Crippen LogP contribution in [0.3, 0.4) is 0 Å². The van der Waals surface area contributed by atoms with Crippen molar-refractivity contribution < 1.29 is 17.9 Å². The Morgan fingerprint density at radius 1 is 1.30 bits per heavy atom. The highest BCUT2D eigenvalue weighted by atomic mass is 32.2. The lowest BCUT2D eigenvalue weighted by Crippen LogP contribution is -2.11. The number of carbonyl (C=O) groups excluding carboxylic acids is 1. The number of benzene rings is 1. The van der Waals surface area contributed by atoms with Gasteiger partial charge >= 0.3 is 5.97 Å². The van der Waals surface area contributed by atoms with Crippen LogP contribution in [0.2, 0.25) is 0 Å². The Morgan fingerprint density at radius 3 is 2.45 bits per heavy atom. The number of ether oxygens (including phenoxy) is 1. The van der Waals surface area contributed by atoms with Gasteiger partial charge in [-0.3, -0.25) is 4.79 Å². The molecule has 1 aromatic carbocycles. The molecule has 2 aromatic rings. The van der Waals surface area contributed by atoms with E-state index in [0.29, 0.717) is 4.88 Å². The molecular formula is C13H13NO4S2. The maximum Gasteiger partial charge on any atom is 0.303 e. The average Bonchev–Trinajstić information content (AvgIpc) is 2.86. The van der Waals surface area contributed by atoms with Crippen molar-refractivity contribution in [3.63, 3.8) is 0 Å². The van der Waals surface area contributed by atoms with E-state index < -0.39 is 22.1 Å². The van der Waals surface area contributed by atoms with Crippen LogP contribution in [0.4, 0.5) is 0 Å². The lowest BCUT2D eigenvalue weighted by atomic mass is 10.1. The van der Waals surface area contributed by atoms with Crippen LogP contribution < -0.4 is 5.14 Å². The Labute approximate surface area is 121 Å². The van der Waals surface area contributed by atoms with Gasteiger partial charge in [-0.2, -0.15) is 0 Å². The number of primary sulfonamides is 1. The van der Waals surface area contributed by atoms with Crippen molar-refractivity contribution in [3.05, 3.63) is 52.2 Å². The number of nitrogens with two attached hydrogens (primary N) is 1. The summed E-state index contributed by atoms with van der Waals surface area (Å²) in [5.41, 5.74) is 0.769. The number of hydrogen-bond acceptors (Lipinski definition) is 5. The molecule has 2 rings (SSSR count). The highest BCUT2D eigenvalue weighted by molar-refractivity contribution is 7.89. The highest BCUT2D eigenvalue weighted by Crippen LogP contribution is 2.32. The highest BCUT2D eigenvalue weighted by Gasteiger charge is 2.21. The van der Waals surface area contributed by atoms with Gasteiger partial charge in [-0.05, 0) is 11.6 Å². The summed E-state index contributed by atoms with van der Waals surface area (Å²) < 4.78 is 27.9. The molecule has 0 saturated carbocycles. The molecule has 2 N–H and O–H groups in total. The topological polar surface area (TPSA) is 86.5 Å². The molecule has 5 nitrogen and oxygen atoms in total. The third-order valence-electron chi connectivity index (χ3n) is 2.57. The molecule has 1 aromatic heterocycles.